The molecule has 0 aliphatic rings. The summed E-state index contributed by atoms with van der Waals surface area (Å²) in [6, 6.07) is 0. The van der Waals surface area contributed by atoms with Gasteiger partial charge in [-0.3, -0.25) is 4.99 Å². The zero-order chi connectivity index (χ0) is 4.99. The Bertz CT molecular complexity index is 59.8. The van der Waals surface area contributed by atoms with E-state index in [-0.39, 0.29) is 0 Å². The average molecular weight is 105 g/mol. The summed E-state index contributed by atoms with van der Waals surface area (Å²) in [7, 11) is 3.85. The lowest BCUT2D eigenvalue weighted by Crippen LogP contribution is -2.22. The molecule has 0 fully saturated rings. The van der Waals surface area contributed by atoms with E-state index in [0.717, 1.165) is 0 Å². The lowest BCUT2D eigenvalue weighted by atomic mass is 11.1. The molecule has 4 heteroatoms. The van der Waals surface area contributed by atoms with Crippen LogP contribution >= 0.6 is 9.39 Å². The van der Waals surface area contributed by atoms with Crippen LogP contribution in [0.25, 0.3) is 0 Å². The second-order valence-electron chi connectivity index (χ2n) is 0.753. The summed E-state index contributed by atoms with van der Waals surface area (Å²) in [6.45, 7) is 0. The average Bonchev–Trinajstić information content (AvgIpc) is 1.65. The van der Waals surface area contributed by atoms with Crippen molar-refractivity contribution in [2.24, 2.45) is 10.7 Å². The molecule has 0 aliphatic carbocycles. The van der Waals surface area contributed by atoms with E-state index < -0.39 is 0 Å². The summed E-state index contributed by atoms with van der Waals surface area (Å²) >= 11 is 0. The van der Waals surface area contributed by atoms with Gasteiger partial charge in [0.1, 0.15) is 0 Å². The summed E-state index contributed by atoms with van der Waals surface area (Å²) in [5, 5.41) is 2.56. The molecule has 6 heavy (non-hydrogen) atoms. The highest BCUT2D eigenvalue weighted by atomic mass is 31.0. The van der Waals surface area contributed by atoms with Crippen LogP contribution in [0.15, 0.2) is 4.99 Å². The molecule has 0 saturated carbocycles. The molecular formula is C2H8N3P. The molecule has 0 rings (SSSR count). The van der Waals surface area contributed by atoms with Gasteiger partial charge in [0, 0.05) is 7.05 Å². The summed E-state index contributed by atoms with van der Waals surface area (Å²) < 4.78 is 0. The van der Waals surface area contributed by atoms with Gasteiger partial charge in [-0.25, -0.2) is 0 Å². The molecule has 0 saturated heterocycles. The standard InChI is InChI=1S/C2H8N3P/c1-4-2(3)5-6/h6H2,1H3,(H3,3,4,5). The van der Waals surface area contributed by atoms with Crippen molar-refractivity contribution in [2.45, 2.75) is 0 Å². The Morgan fingerprint density at radius 2 is 2.50 bits per heavy atom. The van der Waals surface area contributed by atoms with Crippen LogP contribution in [0.1, 0.15) is 0 Å². The van der Waals surface area contributed by atoms with Gasteiger partial charge in [-0.2, -0.15) is 0 Å². The third-order valence-corrected chi connectivity index (χ3v) is 0.685. The van der Waals surface area contributed by atoms with Crippen molar-refractivity contribution in [3.63, 3.8) is 0 Å². The van der Waals surface area contributed by atoms with E-state index in [2.05, 4.69) is 19.5 Å². The maximum absolute atomic E-state index is 5.09. The van der Waals surface area contributed by atoms with E-state index in [1.807, 2.05) is 0 Å². The van der Waals surface area contributed by atoms with E-state index in [1.54, 1.807) is 7.05 Å². The van der Waals surface area contributed by atoms with Crippen LogP contribution in [0.2, 0.25) is 0 Å². The minimum absolute atomic E-state index is 0.431. The number of aliphatic imine (C=N–C) groups is 1. The highest BCUT2D eigenvalue weighted by molar-refractivity contribution is 7.15. The molecular weight excluding hydrogens is 97.0 g/mol. The first-order chi connectivity index (χ1) is 2.81. The molecule has 0 aromatic heterocycles. The summed E-state index contributed by atoms with van der Waals surface area (Å²) in [5.41, 5.74) is 5.09. The van der Waals surface area contributed by atoms with Crippen LogP contribution in [0.3, 0.4) is 0 Å². The fourth-order valence-electron chi connectivity index (χ4n) is 0.0645. The maximum Gasteiger partial charge on any atom is 0.191 e. The second-order valence-corrected chi connectivity index (χ2v) is 1.04. The number of hydrogen-bond acceptors (Lipinski definition) is 1. The third-order valence-electron chi connectivity index (χ3n) is 0.389. The van der Waals surface area contributed by atoms with Crippen molar-refractivity contribution in [1.29, 1.82) is 0 Å². The number of nitrogens with one attached hydrogen (secondary N) is 1. The first-order valence-electron chi connectivity index (χ1n) is 1.50. The lowest BCUT2D eigenvalue weighted by Gasteiger charge is -1.89. The van der Waals surface area contributed by atoms with Crippen molar-refractivity contribution in [3.8, 4) is 0 Å². The Balaban J connectivity index is 3.22. The third kappa shape index (κ3) is 1.97. The van der Waals surface area contributed by atoms with Gasteiger partial charge in [0.25, 0.3) is 0 Å². The van der Waals surface area contributed by atoms with Crippen molar-refractivity contribution in [3.05, 3.63) is 0 Å². The highest BCUT2D eigenvalue weighted by Gasteiger charge is 1.71. The number of hydrogen-bond donors (Lipinski definition) is 2. The van der Waals surface area contributed by atoms with Gasteiger partial charge in [0.15, 0.2) is 5.96 Å². The fraction of sp³-hybridized carbons (Fsp3) is 0.500. The minimum Gasteiger partial charge on any atom is -0.370 e. The van der Waals surface area contributed by atoms with Crippen molar-refractivity contribution in [2.75, 3.05) is 7.05 Å². The summed E-state index contributed by atoms with van der Waals surface area (Å²) in [5.74, 6) is 0.431. The molecule has 36 valence electrons. The Hall–Kier alpha value is -0.300. The van der Waals surface area contributed by atoms with Crippen molar-refractivity contribution >= 4 is 15.4 Å². The quantitative estimate of drug-likeness (QED) is 0.243. The summed E-state index contributed by atoms with van der Waals surface area (Å²) in [4.78, 5) is 3.57. The zero-order valence-corrected chi connectivity index (χ0v) is 4.76. The molecule has 3 nitrogen and oxygen atoms in total. The number of nitrogens with two attached hydrogens (primary N) is 1. The molecule has 1 atom stereocenters. The fourth-order valence-corrected chi connectivity index (χ4v) is 0.194. The van der Waals surface area contributed by atoms with Gasteiger partial charge in [-0.1, -0.05) is 0 Å². The van der Waals surface area contributed by atoms with E-state index >= 15 is 0 Å². The smallest absolute Gasteiger partial charge is 0.191 e. The normalized spacial score (nSPS) is 11.3. The molecule has 0 bridgehead atoms. The Labute approximate surface area is 39.3 Å². The summed E-state index contributed by atoms with van der Waals surface area (Å²) in [6.07, 6.45) is 0. The first kappa shape index (κ1) is 5.70. The van der Waals surface area contributed by atoms with Gasteiger partial charge >= 0.3 is 0 Å². The maximum atomic E-state index is 5.09. The number of nitrogens with zero attached hydrogens (tertiary/aromatic N) is 1. The van der Waals surface area contributed by atoms with Crippen LogP contribution in [-0.2, 0) is 0 Å². The van der Waals surface area contributed by atoms with Gasteiger partial charge in [0.05, 0.1) is 0 Å². The zero-order valence-electron chi connectivity index (χ0n) is 3.60. The van der Waals surface area contributed by atoms with Crippen LogP contribution in [0.4, 0.5) is 0 Å². The Morgan fingerprint density at radius 3 is 2.50 bits per heavy atom. The van der Waals surface area contributed by atoms with E-state index in [1.165, 1.54) is 0 Å². The van der Waals surface area contributed by atoms with Crippen molar-refractivity contribution < 1.29 is 0 Å². The SMILES string of the molecule is CN=C(N)NP. The van der Waals surface area contributed by atoms with Crippen LogP contribution in [0.5, 0.6) is 0 Å². The monoisotopic (exact) mass is 105 g/mol. The van der Waals surface area contributed by atoms with E-state index in [0.29, 0.717) is 5.96 Å². The van der Waals surface area contributed by atoms with E-state index in [9.17, 15) is 0 Å². The molecule has 3 N–H and O–H groups in total. The second kappa shape index (κ2) is 2.91. The Morgan fingerprint density at radius 1 is 2.00 bits per heavy atom. The molecule has 0 amide bonds. The van der Waals surface area contributed by atoms with Crippen molar-refractivity contribution in [1.82, 2.24) is 5.09 Å². The highest BCUT2D eigenvalue weighted by Crippen LogP contribution is 1.63. The van der Waals surface area contributed by atoms with Gasteiger partial charge in [-0.05, 0) is 9.39 Å². The predicted molar refractivity (Wildman–Crippen MR) is 30.4 cm³/mol. The van der Waals surface area contributed by atoms with Crippen LogP contribution < -0.4 is 10.8 Å². The topological polar surface area (TPSA) is 50.4 Å². The van der Waals surface area contributed by atoms with Crippen LogP contribution in [-0.4, -0.2) is 13.0 Å². The molecule has 0 aliphatic heterocycles. The van der Waals surface area contributed by atoms with E-state index in [4.69, 9.17) is 5.73 Å². The minimum atomic E-state index is 0.431. The predicted octanol–water partition coefficient (Wildman–Crippen LogP) is -0.689. The van der Waals surface area contributed by atoms with Crippen LogP contribution in [0, 0.1) is 0 Å². The molecule has 0 radical (unpaired) electrons. The van der Waals surface area contributed by atoms with Gasteiger partial charge < -0.3 is 10.8 Å². The molecule has 1 unspecified atom stereocenters. The first-order valence-corrected chi connectivity index (χ1v) is 2.08. The largest absolute Gasteiger partial charge is 0.370 e. The lowest BCUT2D eigenvalue weighted by molar-refractivity contribution is 1.31. The number of guanidine groups is 1. The molecule has 0 spiro atoms. The molecule has 0 heterocycles. The molecule has 0 aromatic carbocycles. The molecule has 0 aromatic rings. The number of rotatable bonds is 0. The Kier molecular flexibility index (Phi) is 2.77. The van der Waals surface area contributed by atoms with Gasteiger partial charge in [-0.15, -0.1) is 0 Å². The van der Waals surface area contributed by atoms with Gasteiger partial charge in [0.2, 0.25) is 0 Å².